The molecule has 1 aromatic heterocycles. The molecule has 6 heteroatoms. The summed E-state index contributed by atoms with van der Waals surface area (Å²) < 4.78 is 10.00. The molecule has 19 heavy (non-hydrogen) atoms. The molecule has 1 N–H and O–H groups in total. The Morgan fingerprint density at radius 2 is 2.26 bits per heavy atom. The monoisotopic (exact) mass is 261 g/mol. The van der Waals surface area contributed by atoms with Crippen molar-refractivity contribution in [3.8, 4) is 5.75 Å². The zero-order valence-electron chi connectivity index (χ0n) is 10.8. The SMILES string of the molecule is CCCOc1cccc(C(=O)Nc2nonc2C)c1. The number of anilines is 1. The minimum atomic E-state index is -0.277. The lowest BCUT2D eigenvalue weighted by Crippen LogP contribution is -2.13. The number of hydrogen-bond donors (Lipinski definition) is 1. The van der Waals surface area contributed by atoms with E-state index in [4.69, 9.17) is 4.74 Å². The third kappa shape index (κ3) is 3.31. The van der Waals surface area contributed by atoms with Gasteiger partial charge in [-0.3, -0.25) is 4.79 Å². The molecule has 0 bridgehead atoms. The maximum Gasteiger partial charge on any atom is 0.257 e. The summed E-state index contributed by atoms with van der Waals surface area (Å²) in [4.78, 5) is 12.0. The van der Waals surface area contributed by atoms with Crippen molar-refractivity contribution in [3.63, 3.8) is 0 Å². The van der Waals surface area contributed by atoms with E-state index in [2.05, 4.69) is 20.3 Å². The predicted molar refractivity (Wildman–Crippen MR) is 69.2 cm³/mol. The Bertz CT molecular complexity index is 566. The molecule has 0 aliphatic carbocycles. The lowest BCUT2D eigenvalue weighted by atomic mass is 10.2. The van der Waals surface area contributed by atoms with E-state index in [1.54, 1.807) is 25.1 Å². The quantitative estimate of drug-likeness (QED) is 0.894. The van der Waals surface area contributed by atoms with Gasteiger partial charge in [-0.1, -0.05) is 18.1 Å². The largest absolute Gasteiger partial charge is 0.494 e. The van der Waals surface area contributed by atoms with Gasteiger partial charge < -0.3 is 10.1 Å². The second kappa shape index (κ2) is 5.99. The van der Waals surface area contributed by atoms with Crippen LogP contribution in [0.4, 0.5) is 5.82 Å². The number of ether oxygens (including phenoxy) is 1. The van der Waals surface area contributed by atoms with Gasteiger partial charge in [-0.15, -0.1) is 0 Å². The normalized spacial score (nSPS) is 10.2. The molecular formula is C13H15N3O3. The molecule has 0 aliphatic rings. The van der Waals surface area contributed by atoms with Crippen molar-refractivity contribution in [2.75, 3.05) is 11.9 Å². The smallest absolute Gasteiger partial charge is 0.257 e. The number of carbonyl (C=O) groups excluding carboxylic acids is 1. The van der Waals surface area contributed by atoms with Gasteiger partial charge in [0.15, 0.2) is 0 Å². The van der Waals surface area contributed by atoms with Gasteiger partial charge >= 0.3 is 0 Å². The maximum atomic E-state index is 12.0. The van der Waals surface area contributed by atoms with Gasteiger partial charge in [0.25, 0.3) is 5.91 Å². The van der Waals surface area contributed by atoms with E-state index in [0.717, 1.165) is 6.42 Å². The van der Waals surface area contributed by atoms with E-state index in [0.29, 0.717) is 29.4 Å². The molecule has 100 valence electrons. The van der Waals surface area contributed by atoms with Crippen LogP contribution in [0.1, 0.15) is 29.4 Å². The van der Waals surface area contributed by atoms with Crippen LogP contribution < -0.4 is 10.1 Å². The lowest BCUT2D eigenvalue weighted by molar-refractivity contribution is 0.102. The summed E-state index contributed by atoms with van der Waals surface area (Å²) in [7, 11) is 0. The number of nitrogens with zero attached hydrogens (tertiary/aromatic N) is 2. The molecule has 1 heterocycles. The Morgan fingerprint density at radius 1 is 1.42 bits per heavy atom. The van der Waals surface area contributed by atoms with Gasteiger partial charge in [0, 0.05) is 5.56 Å². The highest BCUT2D eigenvalue weighted by Crippen LogP contribution is 2.15. The molecule has 2 rings (SSSR count). The van der Waals surface area contributed by atoms with E-state index < -0.39 is 0 Å². The fourth-order valence-corrected chi connectivity index (χ4v) is 1.47. The summed E-state index contributed by atoms with van der Waals surface area (Å²) in [5.74, 6) is 0.718. The first-order chi connectivity index (χ1) is 9.20. The first-order valence-electron chi connectivity index (χ1n) is 6.04. The number of carbonyl (C=O) groups is 1. The highest BCUT2D eigenvalue weighted by atomic mass is 16.6. The summed E-state index contributed by atoms with van der Waals surface area (Å²) in [6, 6.07) is 6.98. The van der Waals surface area contributed by atoms with Crippen LogP contribution >= 0.6 is 0 Å². The number of nitrogens with one attached hydrogen (secondary N) is 1. The molecule has 0 radical (unpaired) electrons. The van der Waals surface area contributed by atoms with E-state index in [-0.39, 0.29) is 5.91 Å². The van der Waals surface area contributed by atoms with Gasteiger partial charge in [0.2, 0.25) is 5.82 Å². The van der Waals surface area contributed by atoms with E-state index >= 15 is 0 Å². The lowest BCUT2D eigenvalue weighted by Gasteiger charge is -2.06. The highest BCUT2D eigenvalue weighted by molar-refractivity contribution is 6.04. The zero-order chi connectivity index (χ0) is 13.7. The Balaban J connectivity index is 2.08. The molecule has 6 nitrogen and oxygen atoms in total. The Labute approximate surface area is 110 Å². The van der Waals surface area contributed by atoms with Gasteiger partial charge in [-0.2, -0.15) is 0 Å². The van der Waals surface area contributed by atoms with Gasteiger partial charge in [-0.25, -0.2) is 4.63 Å². The fraction of sp³-hybridized carbons (Fsp3) is 0.308. The van der Waals surface area contributed by atoms with Crippen molar-refractivity contribution in [1.29, 1.82) is 0 Å². The molecular weight excluding hydrogens is 246 g/mol. The van der Waals surface area contributed by atoms with Gasteiger partial charge in [0.05, 0.1) is 6.61 Å². The molecule has 0 spiro atoms. The summed E-state index contributed by atoms with van der Waals surface area (Å²) in [5, 5.41) is 9.83. The van der Waals surface area contributed by atoms with Gasteiger partial charge in [-0.05, 0) is 36.7 Å². The van der Waals surface area contributed by atoms with Crippen LogP contribution in [0.15, 0.2) is 28.9 Å². The Kier molecular flexibility index (Phi) is 4.12. The molecule has 0 aliphatic heterocycles. The van der Waals surface area contributed by atoms with Crippen molar-refractivity contribution >= 4 is 11.7 Å². The van der Waals surface area contributed by atoms with Crippen molar-refractivity contribution in [1.82, 2.24) is 10.3 Å². The molecule has 0 unspecified atom stereocenters. The Hall–Kier alpha value is -2.37. The van der Waals surface area contributed by atoms with Crippen LogP contribution in [0.25, 0.3) is 0 Å². The van der Waals surface area contributed by atoms with Crippen molar-refractivity contribution in [2.45, 2.75) is 20.3 Å². The van der Waals surface area contributed by atoms with Gasteiger partial charge in [0.1, 0.15) is 11.4 Å². The highest BCUT2D eigenvalue weighted by Gasteiger charge is 2.12. The number of benzene rings is 1. The molecule has 0 saturated carbocycles. The standard InChI is InChI=1S/C13H15N3O3/c1-3-7-18-11-6-4-5-10(8-11)13(17)14-12-9(2)15-19-16-12/h4-6,8H,3,7H2,1-2H3,(H,14,16,17). The molecule has 0 saturated heterocycles. The van der Waals surface area contributed by atoms with Crippen LogP contribution in [0, 0.1) is 6.92 Å². The van der Waals surface area contributed by atoms with Crippen molar-refractivity contribution in [2.24, 2.45) is 0 Å². The van der Waals surface area contributed by atoms with E-state index in [1.807, 2.05) is 13.0 Å². The minimum Gasteiger partial charge on any atom is -0.494 e. The van der Waals surface area contributed by atoms with Crippen molar-refractivity contribution in [3.05, 3.63) is 35.5 Å². The summed E-state index contributed by atoms with van der Waals surface area (Å²) in [6.07, 6.45) is 0.917. The number of hydrogen-bond acceptors (Lipinski definition) is 5. The van der Waals surface area contributed by atoms with E-state index in [1.165, 1.54) is 0 Å². The average Bonchev–Trinajstić information content (AvgIpc) is 2.82. The van der Waals surface area contributed by atoms with Crippen molar-refractivity contribution < 1.29 is 14.2 Å². The second-order valence-electron chi connectivity index (χ2n) is 4.03. The molecule has 1 amide bonds. The van der Waals surface area contributed by atoms with E-state index in [9.17, 15) is 4.79 Å². The Morgan fingerprint density at radius 3 is 2.95 bits per heavy atom. The number of aryl methyl sites for hydroxylation is 1. The zero-order valence-corrected chi connectivity index (χ0v) is 10.8. The summed E-state index contributed by atoms with van der Waals surface area (Å²) >= 11 is 0. The topological polar surface area (TPSA) is 77.2 Å². The van der Waals surface area contributed by atoms with Crippen LogP contribution in [-0.2, 0) is 0 Å². The van der Waals surface area contributed by atoms with Crippen LogP contribution in [-0.4, -0.2) is 22.8 Å². The minimum absolute atomic E-state index is 0.277. The fourth-order valence-electron chi connectivity index (χ4n) is 1.47. The second-order valence-corrected chi connectivity index (χ2v) is 4.03. The summed E-state index contributed by atoms with van der Waals surface area (Å²) in [5.41, 5.74) is 1.03. The average molecular weight is 261 g/mol. The molecule has 0 fully saturated rings. The first kappa shape index (κ1) is 13.1. The number of aromatic nitrogens is 2. The number of amides is 1. The third-order valence-corrected chi connectivity index (χ3v) is 2.45. The number of rotatable bonds is 5. The molecule has 0 atom stereocenters. The molecule has 2 aromatic rings. The van der Waals surface area contributed by atoms with Crippen LogP contribution in [0.2, 0.25) is 0 Å². The van der Waals surface area contributed by atoms with Crippen LogP contribution in [0.5, 0.6) is 5.75 Å². The predicted octanol–water partition coefficient (Wildman–Crippen LogP) is 2.42. The molecule has 1 aromatic carbocycles. The first-order valence-corrected chi connectivity index (χ1v) is 6.04. The third-order valence-electron chi connectivity index (χ3n) is 2.45. The van der Waals surface area contributed by atoms with Crippen LogP contribution in [0.3, 0.4) is 0 Å². The summed E-state index contributed by atoms with van der Waals surface area (Å²) in [6.45, 7) is 4.35. The maximum absolute atomic E-state index is 12.0.